The van der Waals surface area contributed by atoms with Crippen LogP contribution < -0.4 is 5.73 Å². The molecule has 96 valence electrons. The average Bonchev–Trinajstić information content (AvgIpc) is 2.69. The van der Waals surface area contributed by atoms with E-state index in [9.17, 15) is 4.79 Å². The SMILES string of the molecule is CC(C)(C)C(=O)OCn1cnc2c(N)ncnc21. The van der Waals surface area contributed by atoms with E-state index in [1.54, 1.807) is 25.3 Å². The van der Waals surface area contributed by atoms with Crippen molar-refractivity contribution in [3.05, 3.63) is 12.7 Å². The number of esters is 1. The van der Waals surface area contributed by atoms with E-state index in [2.05, 4.69) is 15.0 Å². The maximum atomic E-state index is 11.6. The molecule has 0 bridgehead atoms. The molecule has 0 unspecified atom stereocenters. The number of hydrogen-bond donors (Lipinski definition) is 1. The third kappa shape index (κ3) is 2.24. The van der Waals surface area contributed by atoms with Gasteiger partial charge in [0.1, 0.15) is 11.8 Å². The highest BCUT2D eigenvalue weighted by Crippen LogP contribution is 2.17. The van der Waals surface area contributed by atoms with E-state index in [0.29, 0.717) is 17.0 Å². The van der Waals surface area contributed by atoms with Crippen molar-refractivity contribution in [3.8, 4) is 0 Å². The van der Waals surface area contributed by atoms with Crippen molar-refractivity contribution in [2.24, 2.45) is 5.41 Å². The van der Waals surface area contributed by atoms with Crippen LogP contribution in [0.15, 0.2) is 12.7 Å². The number of carbonyl (C=O) groups is 1. The molecule has 7 heteroatoms. The molecule has 2 N–H and O–H groups in total. The molecule has 2 aromatic rings. The summed E-state index contributed by atoms with van der Waals surface area (Å²) in [5.74, 6) is 0.0206. The quantitative estimate of drug-likeness (QED) is 0.796. The largest absolute Gasteiger partial charge is 0.443 e. The van der Waals surface area contributed by atoms with Crippen LogP contribution in [0.3, 0.4) is 0 Å². The van der Waals surface area contributed by atoms with E-state index >= 15 is 0 Å². The van der Waals surface area contributed by atoms with Gasteiger partial charge in [0.25, 0.3) is 0 Å². The van der Waals surface area contributed by atoms with Gasteiger partial charge in [-0.1, -0.05) is 0 Å². The molecule has 2 rings (SSSR count). The lowest BCUT2D eigenvalue weighted by atomic mass is 9.98. The highest BCUT2D eigenvalue weighted by atomic mass is 16.5. The second kappa shape index (κ2) is 4.25. The number of fused-ring (bicyclic) bond motifs is 1. The Balaban J connectivity index is 2.19. The first-order valence-corrected chi connectivity index (χ1v) is 5.48. The van der Waals surface area contributed by atoms with Crippen molar-refractivity contribution in [1.82, 2.24) is 19.5 Å². The Labute approximate surface area is 104 Å². The third-order valence-electron chi connectivity index (χ3n) is 2.38. The zero-order valence-corrected chi connectivity index (χ0v) is 10.5. The summed E-state index contributed by atoms with van der Waals surface area (Å²) in [5, 5.41) is 0. The topological polar surface area (TPSA) is 95.9 Å². The molecule has 0 spiro atoms. The molecule has 0 saturated carbocycles. The molecule has 2 aromatic heterocycles. The van der Waals surface area contributed by atoms with Crippen molar-refractivity contribution in [2.45, 2.75) is 27.5 Å². The van der Waals surface area contributed by atoms with Gasteiger partial charge in [0.05, 0.1) is 11.7 Å². The minimum Gasteiger partial charge on any atom is -0.443 e. The van der Waals surface area contributed by atoms with Gasteiger partial charge in [0.2, 0.25) is 0 Å². The summed E-state index contributed by atoms with van der Waals surface area (Å²) in [6.45, 7) is 5.44. The van der Waals surface area contributed by atoms with E-state index in [1.807, 2.05) is 0 Å². The number of nitrogen functional groups attached to an aromatic ring is 1. The van der Waals surface area contributed by atoms with Gasteiger partial charge in [-0.2, -0.15) is 0 Å². The summed E-state index contributed by atoms with van der Waals surface area (Å²) in [6.07, 6.45) is 2.87. The number of aromatic nitrogens is 4. The molecule has 7 nitrogen and oxygen atoms in total. The van der Waals surface area contributed by atoms with Crippen molar-refractivity contribution in [2.75, 3.05) is 5.73 Å². The van der Waals surface area contributed by atoms with Crippen LogP contribution in [-0.2, 0) is 16.3 Å². The van der Waals surface area contributed by atoms with Crippen molar-refractivity contribution < 1.29 is 9.53 Å². The predicted octanol–water partition coefficient (Wildman–Crippen LogP) is 0.955. The van der Waals surface area contributed by atoms with Crippen LogP contribution in [0.4, 0.5) is 5.82 Å². The van der Waals surface area contributed by atoms with Gasteiger partial charge in [-0.05, 0) is 20.8 Å². The van der Waals surface area contributed by atoms with Gasteiger partial charge < -0.3 is 10.5 Å². The minimum atomic E-state index is -0.537. The number of ether oxygens (including phenoxy) is 1. The highest BCUT2D eigenvalue weighted by Gasteiger charge is 2.23. The van der Waals surface area contributed by atoms with Crippen LogP contribution in [0, 0.1) is 5.41 Å². The second-order valence-corrected chi connectivity index (χ2v) is 4.96. The monoisotopic (exact) mass is 249 g/mol. The summed E-state index contributed by atoms with van der Waals surface area (Å²) in [6, 6.07) is 0. The number of hydrogen-bond acceptors (Lipinski definition) is 6. The maximum Gasteiger partial charge on any atom is 0.312 e. The Kier molecular flexibility index (Phi) is 2.90. The first kappa shape index (κ1) is 12.3. The van der Waals surface area contributed by atoms with Crippen LogP contribution in [0.5, 0.6) is 0 Å². The van der Waals surface area contributed by atoms with Gasteiger partial charge >= 0.3 is 5.97 Å². The molecule has 0 aliphatic rings. The maximum absolute atomic E-state index is 11.6. The van der Waals surface area contributed by atoms with Gasteiger partial charge in [-0.15, -0.1) is 0 Å². The molecule has 2 heterocycles. The summed E-state index contributed by atoms with van der Waals surface area (Å²) in [5.41, 5.74) is 6.17. The lowest BCUT2D eigenvalue weighted by Gasteiger charge is -2.16. The Hall–Kier alpha value is -2.18. The smallest absolute Gasteiger partial charge is 0.312 e. The van der Waals surface area contributed by atoms with Crippen LogP contribution in [0.2, 0.25) is 0 Å². The Morgan fingerprint density at radius 2 is 2.11 bits per heavy atom. The molecule has 0 atom stereocenters. The number of nitrogens with zero attached hydrogens (tertiary/aromatic N) is 4. The molecule has 0 saturated heterocycles. The molecular weight excluding hydrogens is 234 g/mol. The molecule has 0 aromatic carbocycles. The van der Waals surface area contributed by atoms with Crippen LogP contribution in [-0.4, -0.2) is 25.5 Å². The summed E-state index contributed by atoms with van der Waals surface area (Å²) in [7, 11) is 0. The summed E-state index contributed by atoms with van der Waals surface area (Å²) < 4.78 is 6.79. The Bertz CT molecular complexity index is 585. The third-order valence-corrected chi connectivity index (χ3v) is 2.38. The molecule has 0 fully saturated rings. The molecule has 0 radical (unpaired) electrons. The Morgan fingerprint density at radius 3 is 2.78 bits per heavy atom. The fourth-order valence-electron chi connectivity index (χ4n) is 1.34. The number of nitrogens with two attached hydrogens (primary N) is 1. The number of rotatable bonds is 2. The normalized spacial score (nSPS) is 11.7. The van der Waals surface area contributed by atoms with E-state index < -0.39 is 5.41 Å². The first-order chi connectivity index (χ1) is 8.39. The van der Waals surface area contributed by atoms with E-state index in [4.69, 9.17) is 10.5 Å². The molecule has 0 amide bonds. The lowest BCUT2D eigenvalue weighted by Crippen LogP contribution is -2.23. The van der Waals surface area contributed by atoms with Crippen LogP contribution in [0.25, 0.3) is 11.2 Å². The number of imidazole rings is 1. The van der Waals surface area contributed by atoms with Gasteiger partial charge in [-0.3, -0.25) is 9.36 Å². The molecule has 18 heavy (non-hydrogen) atoms. The number of anilines is 1. The summed E-state index contributed by atoms with van der Waals surface area (Å²) in [4.78, 5) is 23.6. The van der Waals surface area contributed by atoms with Crippen molar-refractivity contribution in [1.29, 1.82) is 0 Å². The van der Waals surface area contributed by atoms with Crippen LogP contribution in [0.1, 0.15) is 20.8 Å². The van der Waals surface area contributed by atoms with Gasteiger partial charge in [0.15, 0.2) is 18.2 Å². The fourth-order valence-corrected chi connectivity index (χ4v) is 1.34. The average molecular weight is 249 g/mol. The minimum absolute atomic E-state index is 0.0586. The van der Waals surface area contributed by atoms with Crippen molar-refractivity contribution >= 4 is 23.0 Å². The first-order valence-electron chi connectivity index (χ1n) is 5.48. The fraction of sp³-hybridized carbons (Fsp3) is 0.455. The van der Waals surface area contributed by atoms with E-state index in [0.717, 1.165) is 0 Å². The highest BCUT2D eigenvalue weighted by molar-refractivity contribution is 5.81. The summed E-state index contributed by atoms with van der Waals surface area (Å²) >= 11 is 0. The molecular formula is C11H15N5O2. The lowest BCUT2D eigenvalue weighted by molar-refractivity contribution is -0.156. The molecule has 0 aliphatic carbocycles. The zero-order chi connectivity index (χ0) is 13.3. The van der Waals surface area contributed by atoms with E-state index in [1.165, 1.54) is 12.7 Å². The van der Waals surface area contributed by atoms with Gasteiger partial charge in [-0.25, -0.2) is 15.0 Å². The predicted molar refractivity (Wildman–Crippen MR) is 65.3 cm³/mol. The standard InChI is InChI=1S/C11H15N5O2/c1-11(2,3)10(17)18-6-16-5-15-7-8(12)13-4-14-9(7)16/h4-5H,6H2,1-3H3,(H2,12,13,14). The van der Waals surface area contributed by atoms with Crippen molar-refractivity contribution in [3.63, 3.8) is 0 Å². The van der Waals surface area contributed by atoms with E-state index in [-0.39, 0.29) is 12.7 Å². The Morgan fingerprint density at radius 1 is 1.39 bits per heavy atom. The molecule has 0 aliphatic heterocycles. The second-order valence-electron chi connectivity index (χ2n) is 4.96. The van der Waals surface area contributed by atoms with Gasteiger partial charge in [0, 0.05) is 0 Å². The number of carbonyl (C=O) groups excluding carboxylic acids is 1. The zero-order valence-electron chi connectivity index (χ0n) is 10.5. The van der Waals surface area contributed by atoms with Crippen LogP contribution >= 0.6 is 0 Å².